The van der Waals surface area contributed by atoms with Crippen molar-refractivity contribution in [3.05, 3.63) is 18.2 Å². The van der Waals surface area contributed by atoms with Gasteiger partial charge in [0.15, 0.2) is 0 Å². The van der Waals surface area contributed by atoms with E-state index >= 15 is 0 Å². The number of hydrogen-bond donors (Lipinski definition) is 2. The van der Waals surface area contributed by atoms with Crippen LogP contribution in [-0.4, -0.2) is 56.0 Å². The van der Waals surface area contributed by atoms with Crippen LogP contribution in [-0.2, 0) is 14.8 Å². The molecule has 0 aliphatic carbocycles. The summed E-state index contributed by atoms with van der Waals surface area (Å²) in [6.07, 6.45) is 1.73. The van der Waals surface area contributed by atoms with Gasteiger partial charge in [0.2, 0.25) is 10.0 Å². The van der Waals surface area contributed by atoms with Gasteiger partial charge in [0.25, 0.3) is 0 Å². The summed E-state index contributed by atoms with van der Waals surface area (Å²) in [5.74, 6) is 0.867. The lowest BCUT2D eigenvalue weighted by Gasteiger charge is -2.37. The van der Waals surface area contributed by atoms with Crippen molar-refractivity contribution in [2.24, 2.45) is 5.41 Å². The fourth-order valence-corrected chi connectivity index (χ4v) is 4.11. The van der Waals surface area contributed by atoms with Crippen LogP contribution in [0.15, 0.2) is 23.1 Å². The second-order valence-electron chi connectivity index (χ2n) is 6.06. The zero-order valence-corrected chi connectivity index (χ0v) is 16.5. The third-order valence-corrected chi connectivity index (χ3v) is 5.77. The third-order valence-electron chi connectivity index (χ3n) is 4.39. The predicted octanol–water partition coefficient (Wildman–Crippen LogP) is 1.42. The molecule has 9 heteroatoms. The van der Waals surface area contributed by atoms with Gasteiger partial charge in [-0.1, -0.05) is 0 Å². The largest absolute Gasteiger partial charge is 0.497 e. The molecule has 0 unspecified atom stereocenters. The number of ether oxygens (including phenoxy) is 3. The minimum absolute atomic E-state index is 0. The molecule has 25 heavy (non-hydrogen) atoms. The second-order valence-corrected chi connectivity index (χ2v) is 7.82. The summed E-state index contributed by atoms with van der Waals surface area (Å²) >= 11 is 0. The molecule has 2 rings (SSSR count). The van der Waals surface area contributed by atoms with Crippen molar-refractivity contribution in [2.75, 3.05) is 47.6 Å². The van der Waals surface area contributed by atoms with Gasteiger partial charge in [0.1, 0.15) is 11.5 Å². The zero-order valence-electron chi connectivity index (χ0n) is 14.8. The molecule has 0 amide bonds. The summed E-state index contributed by atoms with van der Waals surface area (Å²) < 4.78 is 43.7. The predicted molar refractivity (Wildman–Crippen MR) is 98.4 cm³/mol. The summed E-state index contributed by atoms with van der Waals surface area (Å²) in [5, 5.41) is 3.29. The first-order chi connectivity index (χ1) is 11.4. The zero-order chi connectivity index (χ0) is 17.6. The molecule has 0 aromatic heterocycles. The van der Waals surface area contributed by atoms with Gasteiger partial charge in [-0.25, -0.2) is 13.1 Å². The number of rotatable bonds is 8. The van der Waals surface area contributed by atoms with Gasteiger partial charge in [-0.3, -0.25) is 0 Å². The van der Waals surface area contributed by atoms with E-state index in [1.54, 1.807) is 13.2 Å². The van der Waals surface area contributed by atoms with E-state index in [0.717, 1.165) is 25.9 Å². The van der Waals surface area contributed by atoms with Crippen LogP contribution in [0.25, 0.3) is 0 Å². The van der Waals surface area contributed by atoms with Crippen molar-refractivity contribution in [3.63, 3.8) is 0 Å². The summed E-state index contributed by atoms with van der Waals surface area (Å²) in [4.78, 5) is 0.125. The minimum atomic E-state index is -3.67. The Labute approximate surface area is 155 Å². The smallest absolute Gasteiger partial charge is 0.240 e. The van der Waals surface area contributed by atoms with E-state index in [9.17, 15) is 8.42 Å². The van der Waals surface area contributed by atoms with Gasteiger partial charge in [-0.2, -0.15) is 0 Å². The molecular formula is C16H27ClN2O5S. The summed E-state index contributed by atoms with van der Waals surface area (Å²) in [5.41, 5.74) is -0.185. The summed E-state index contributed by atoms with van der Waals surface area (Å²) in [7, 11) is 0.951. The molecule has 0 atom stereocenters. The van der Waals surface area contributed by atoms with Crippen LogP contribution in [0.2, 0.25) is 0 Å². The van der Waals surface area contributed by atoms with Gasteiger partial charge in [-0.05, 0) is 25.9 Å². The molecule has 1 fully saturated rings. The van der Waals surface area contributed by atoms with Crippen molar-refractivity contribution in [3.8, 4) is 11.5 Å². The van der Waals surface area contributed by atoms with Crippen LogP contribution in [0.5, 0.6) is 11.5 Å². The fraction of sp³-hybridized carbons (Fsp3) is 0.625. The van der Waals surface area contributed by atoms with Crippen molar-refractivity contribution in [1.29, 1.82) is 0 Å². The van der Waals surface area contributed by atoms with Crippen LogP contribution in [0, 0.1) is 5.41 Å². The maximum atomic E-state index is 12.7. The van der Waals surface area contributed by atoms with E-state index in [1.165, 1.54) is 26.4 Å². The van der Waals surface area contributed by atoms with Gasteiger partial charge in [0.05, 0.1) is 25.7 Å². The van der Waals surface area contributed by atoms with Gasteiger partial charge < -0.3 is 19.5 Å². The monoisotopic (exact) mass is 394 g/mol. The summed E-state index contributed by atoms with van der Waals surface area (Å²) in [6, 6.07) is 4.60. The van der Waals surface area contributed by atoms with Gasteiger partial charge in [0, 0.05) is 37.3 Å². The lowest BCUT2D eigenvalue weighted by molar-refractivity contribution is 0.0577. The Morgan fingerprint density at radius 3 is 2.12 bits per heavy atom. The van der Waals surface area contributed by atoms with Crippen LogP contribution < -0.4 is 19.5 Å². The normalized spacial score (nSPS) is 16.8. The molecule has 144 valence electrons. The maximum Gasteiger partial charge on any atom is 0.240 e. The summed E-state index contributed by atoms with van der Waals surface area (Å²) in [6.45, 7) is 2.58. The Bertz CT molecular complexity index is 620. The molecule has 2 N–H and O–H groups in total. The first-order valence-corrected chi connectivity index (χ1v) is 9.35. The average molecular weight is 395 g/mol. The minimum Gasteiger partial charge on any atom is -0.497 e. The second kappa shape index (κ2) is 9.59. The molecule has 7 nitrogen and oxygen atoms in total. The Hall–Kier alpha value is -1.06. The molecule has 1 aliphatic heterocycles. The highest BCUT2D eigenvalue weighted by Crippen LogP contribution is 2.30. The van der Waals surface area contributed by atoms with E-state index < -0.39 is 10.0 Å². The molecule has 1 saturated heterocycles. The van der Waals surface area contributed by atoms with Crippen LogP contribution in [0.4, 0.5) is 0 Å². The lowest BCUT2D eigenvalue weighted by Crippen LogP contribution is -2.47. The highest BCUT2D eigenvalue weighted by atomic mass is 35.5. The van der Waals surface area contributed by atoms with E-state index in [0.29, 0.717) is 24.7 Å². The van der Waals surface area contributed by atoms with Crippen LogP contribution in [0.1, 0.15) is 12.8 Å². The molecule has 1 aromatic rings. The quantitative estimate of drug-likeness (QED) is 0.693. The van der Waals surface area contributed by atoms with Gasteiger partial charge in [-0.15, -0.1) is 12.4 Å². The Morgan fingerprint density at radius 2 is 1.64 bits per heavy atom. The first kappa shape index (κ1) is 22.0. The molecule has 1 heterocycles. The highest BCUT2D eigenvalue weighted by Gasteiger charge is 2.33. The average Bonchev–Trinajstić information content (AvgIpc) is 2.61. The van der Waals surface area contributed by atoms with Crippen molar-refractivity contribution >= 4 is 22.4 Å². The Morgan fingerprint density at radius 1 is 1.08 bits per heavy atom. The number of hydrogen-bond acceptors (Lipinski definition) is 6. The number of piperidine rings is 1. The highest BCUT2D eigenvalue weighted by molar-refractivity contribution is 7.89. The fourth-order valence-electron chi connectivity index (χ4n) is 2.90. The molecule has 0 radical (unpaired) electrons. The standard InChI is InChI=1S/C16H26N2O5S.ClH/c1-21-12-16(4-6-17-7-5-16)11-18-24(19,20)15-9-13(22-2)8-14(10-15)23-3;/h8-10,17-18H,4-7,11-12H2,1-3H3;1H. The topological polar surface area (TPSA) is 85.9 Å². The Kier molecular flexibility index (Phi) is 8.43. The number of nitrogens with one attached hydrogen (secondary N) is 2. The first-order valence-electron chi connectivity index (χ1n) is 7.87. The third kappa shape index (κ3) is 5.72. The molecular weight excluding hydrogens is 368 g/mol. The molecule has 0 saturated carbocycles. The molecule has 1 aliphatic rings. The van der Waals surface area contributed by atoms with Crippen LogP contribution in [0.3, 0.4) is 0 Å². The Balaban J connectivity index is 0.00000312. The van der Waals surface area contributed by atoms with E-state index in [4.69, 9.17) is 14.2 Å². The molecule has 1 aromatic carbocycles. The van der Waals surface area contributed by atoms with E-state index in [1.807, 2.05) is 0 Å². The van der Waals surface area contributed by atoms with E-state index in [-0.39, 0.29) is 22.7 Å². The number of methoxy groups -OCH3 is 3. The van der Waals surface area contributed by atoms with Gasteiger partial charge >= 0.3 is 0 Å². The number of benzene rings is 1. The van der Waals surface area contributed by atoms with Crippen LogP contribution >= 0.6 is 12.4 Å². The lowest BCUT2D eigenvalue weighted by atomic mass is 9.80. The molecule has 0 bridgehead atoms. The maximum absolute atomic E-state index is 12.7. The molecule has 0 spiro atoms. The number of sulfonamides is 1. The van der Waals surface area contributed by atoms with E-state index in [2.05, 4.69) is 10.0 Å². The van der Waals surface area contributed by atoms with Crippen molar-refractivity contribution in [1.82, 2.24) is 10.0 Å². The van der Waals surface area contributed by atoms with Crippen molar-refractivity contribution in [2.45, 2.75) is 17.7 Å². The van der Waals surface area contributed by atoms with Crippen molar-refractivity contribution < 1.29 is 22.6 Å². The number of halogens is 1. The SMILES string of the molecule is COCC1(CNS(=O)(=O)c2cc(OC)cc(OC)c2)CCNCC1.Cl.